The number of ether oxygens (including phenoxy) is 1. The Labute approximate surface area is 164 Å². The Morgan fingerprint density at radius 2 is 1.81 bits per heavy atom. The van der Waals surface area contributed by atoms with E-state index in [2.05, 4.69) is 62.5 Å². The van der Waals surface area contributed by atoms with Crippen LogP contribution in [-0.4, -0.2) is 35.7 Å². The number of hydrogen-bond acceptors (Lipinski definition) is 3. The summed E-state index contributed by atoms with van der Waals surface area (Å²) >= 11 is 3.64. The smallest absolute Gasteiger partial charge is 0.407 e. The zero-order valence-electron chi connectivity index (χ0n) is 15.7. The van der Waals surface area contributed by atoms with Crippen LogP contribution in [-0.2, 0) is 11.3 Å². The second-order valence-corrected chi connectivity index (χ2v) is 8.80. The molecule has 1 aliphatic rings. The second-order valence-electron chi connectivity index (χ2n) is 7.95. The second kappa shape index (κ2) is 7.97. The third-order valence-electron chi connectivity index (χ3n) is 4.66. The standard InChI is InChI=1S/C21H27BrN2O2/c1-21(2,3)26-20(25)23-16-10-12-24(13-11-16)14-15-8-9-19(22)18-7-5-4-6-17(15)18/h4-9,16H,10-14H2,1-3H3,(H,23,25). The highest BCUT2D eigenvalue weighted by Gasteiger charge is 2.23. The van der Waals surface area contributed by atoms with Crippen LogP contribution < -0.4 is 5.32 Å². The van der Waals surface area contributed by atoms with Gasteiger partial charge in [0.05, 0.1) is 0 Å². The number of halogens is 1. The van der Waals surface area contributed by atoms with Gasteiger partial charge in [0.25, 0.3) is 0 Å². The molecule has 3 rings (SSSR count). The number of nitrogens with one attached hydrogen (secondary N) is 1. The van der Waals surface area contributed by atoms with Crippen LogP contribution in [0.25, 0.3) is 10.8 Å². The number of alkyl carbamates (subject to hydrolysis) is 1. The van der Waals surface area contributed by atoms with Gasteiger partial charge in [-0.25, -0.2) is 4.79 Å². The van der Waals surface area contributed by atoms with Crippen LogP contribution in [0.2, 0.25) is 0 Å². The van der Waals surface area contributed by atoms with Gasteiger partial charge < -0.3 is 10.1 Å². The molecule has 4 nitrogen and oxygen atoms in total. The van der Waals surface area contributed by atoms with Crippen molar-refractivity contribution in [1.82, 2.24) is 10.2 Å². The van der Waals surface area contributed by atoms with Crippen LogP contribution in [0.4, 0.5) is 4.79 Å². The van der Waals surface area contributed by atoms with Crippen molar-refractivity contribution in [2.75, 3.05) is 13.1 Å². The van der Waals surface area contributed by atoms with Crippen LogP contribution in [0.15, 0.2) is 40.9 Å². The van der Waals surface area contributed by atoms with Crippen LogP contribution in [0, 0.1) is 0 Å². The molecule has 1 aliphatic heterocycles. The maximum absolute atomic E-state index is 11.9. The van der Waals surface area contributed by atoms with Crippen LogP contribution in [0.3, 0.4) is 0 Å². The number of fused-ring (bicyclic) bond motifs is 1. The van der Waals surface area contributed by atoms with Crippen molar-refractivity contribution in [3.63, 3.8) is 0 Å². The first kappa shape index (κ1) is 19.2. The molecule has 1 fully saturated rings. The monoisotopic (exact) mass is 418 g/mol. The van der Waals surface area contributed by atoms with Crippen molar-refractivity contribution in [2.45, 2.75) is 51.8 Å². The summed E-state index contributed by atoms with van der Waals surface area (Å²) in [6.07, 6.45) is 1.59. The van der Waals surface area contributed by atoms with Gasteiger partial charge in [-0.2, -0.15) is 0 Å². The summed E-state index contributed by atoms with van der Waals surface area (Å²) < 4.78 is 6.49. The molecule has 1 amide bonds. The number of carbonyl (C=O) groups is 1. The average Bonchev–Trinajstić information content (AvgIpc) is 2.58. The van der Waals surface area contributed by atoms with Crippen LogP contribution in [0.1, 0.15) is 39.2 Å². The van der Waals surface area contributed by atoms with Gasteiger partial charge in [-0.15, -0.1) is 0 Å². The molecule has 1 N–H and O–H groups in total. The first-order valence-electron chi connectivity index (χ1n) is 9.20. The van der Waals surface area contributed by atoms with Gasteiger partial charge in [-0.05, 0) is 56.0 Å². The minimum atomic E-state index is -0.451. The van der Waals surface area contributed by atoms with Crippen molar-refractivity contribution in [1.29, 1.82) is 0 Å². The summed E-state index contributed by atoms with van der Waals surface area (Å²) in [5.74, 6) is 0. The van der Waals surface area contributed by atoms with Gasteiger partial charge in [0.2, 0.25) is 0 Å². The Balaban J connectivity index is 1.57. The molecule has 26 heavy (non-hydrogen) atoms. The van der Waals surface area contributed by atoms with E-state index in [0.717, 1.165) is 36.9 Å². The maximum Gasteiger partial charge on any atom is 0.407 e. The number of piperidine rings is 1. The zero-order chi connectivity index (χ0) is 18.7. The summed E-state index contributed by atoms with van der Waals surface area (Å²) in [4.78, 5) is 14.4. The van der Waals surface area contributed by atoms with E-state index in [0.29, 0.717) is 0 Å². The number of rotatable bonds is 3. The SMILES string of the molecule is CC(C)(C)OC(=O)NC1CCN(Cc2ccc(Br)c3ccccc23)CC1. The van der Waals surface area contributed by atoms with Gasteiger partial charge in [0.15, 0.2) is 0 Å². The van der Waals surface area contributed by atoms with E-state index in [-0.39, 0.29) is 12.1 Å². The molecule has 0 saturated carbocycles. The lowest BCUT2D eigenvalue weighted by Gasteiger charge is -2.33. The molecule has 0 bridgehead atoms. The Hall–Kier alpha value is -1.59. The fraction of sp³-hybridized carbons (Fsp3) is 0.476. The lowest BCUT2D eigenvalue weighted by Crippen LogP contribution is -2.45. The summed E-state index contributed by atoms with van der Waals surface area (Å²) in [5, 5.41) is 5.56. The summed E-state index contributed by atoms with van der Waals surface area (Å²) in [7, 11) is 0. The maximum atomic E-state index is 11.9. The van der Waals surface area contributed by atoms with E-state index in [1.165, 1.54) is 16.3 Å². The number of benzene rings is 2. The Morgan fingerprint density at radius 3 is 2.46 bits per heavy atom. The number of nitrogens with zero attached hydrogens (tertiary/aromatic N) is 1. The summed E-state index contributed by atoms with van der Waals surface area (Å²) in [5.41, 5.74) is 0.898. The Morgan fingerprint density at radius 1 is 1.15 bits per heavy atom. The van der Waals surface area contributed by atoms with E-state index < -0.39 is 5.60 Å². The molecular formula is C21H27BrN2O2. The number of hydrogen-bond donors (Lipinski definition) is 1. The molecule has 0 radical (unpaired) electrons. The third kappa shape index (κ3) is 4.98. The lowest BCUT2D eigenvalue weighted by atomic mass is 10.0. The molecule has 1 saturated heterocycles. The van der Waals surface area contributed by atoms with Crippen molar-refractivity contribution in [3.05, 3.63) is 46.4 Å². The third-order valence-corrected chi connectivity index (χ3v) is 5.36. The van der Waals surface area contributed by atoms with E-state index in [1.807, 2.05) is 20.8 Å². The van der Waals surface area contributed by atoms with Crippen LogP contribution >= 0.6 is 15.9 Å². The van der Waals surface area contributed by atoms with Gasteiger partial charge >= 0.3 is 6.09 Å². The Kier molecular flexibility index (Phi) is 5.88. The predicted octanol–water partition coefficient (Wildman–Crippen LogP) is 5.09. The number of amides is 1. The summed E-state index contributed by atoms with van der Waals surface area (Å²) in [6.45, 7) is 8.55. The molecule has 2 aromatic rings. The average molecular weight is 419 g/mol. The fourth-order valence-corrected chi connectivity index (χ4v) is 3.89. The Bertz CT molecular complexity index is 777. The molecule has 0 atom stereocenters. The molecule has 0 aromatic heterocycles. The summed E-state index contributed by atoms with van der Waals surface area (Å²) in [6, 6.07) is 13.0. The number of carbonyl (C=O) groups excluding carboxylic acids is 1. The molecule has 1 heterocycles. The first-order chi connectivity index (χ1) is 12.3. The van der Waals surface area contributed by atoms with Crippen molar-refractivity contribution >= 4 is 32.8 Å². The lowest BCUT2D eigenvalue weighted by molar-refractivity contribution is 0.0477. The fourth-order valence-electron chi connectivity index (χ4n) is 3.41. The zero-order valence-corrected chi connectivity index (χ0v) is 17.3. The van der Waals surface area contributed by atoms with Crippen molar-refractivity contribution < 1.29 is 9.53 Å². The first-order valence-corrected chi connectivity index (χ1v) is 9.99. The van der Waals surface area contributed by atoms with Gasteiger partial charge in [0.1, 0.15) is 5.60 Å². The molecule has 140 valence electrons. The van der Waals surface area contributed by atoms with Crippen LogP contribution in [0.5, 0.6) is 0 Å². The minimum absolute atomic E-state index is 0.197. The molecule has 2 aromatic carbocycles. The molecule has 5 heteroatoms. The van der Waals surface area contributed by atoms with E-state index in [9.17, 15) is 4.79 Å². The normalized spacial score (nSPS) is 16.6. The van der Waals surface area contributed by atoms with Crippen molar-refractivity contribution in [3.8, 4) is 0 Å². The number of likely N-dealkylation sites (tertiary alicyclic amines) is 1. The molecule has 0 spiro atoms. The minimum Gasteiger partial charge on any atom is -0.444 e. The van der Waals surface area contributed by atoms with Gasteiger partial charge in [0, 0.05) is 30.1 Å². The highest BCUT2D eigenvalue weighted by molar-refractivity contribution is 9.10. The van der Waals surface area contributed by atoms with Gasteiger partial charge in [-0.1, -0.05) is 46.3 Å². The highest BCUT2D eigenvalue weighted by atomic mass is 79.9. The molecule has 0 aliphatic carbocycles. The van der Waals surface area contributed by atoms with Gasteiger partial charge in [-0.3, -0.25) is 4.90 Å². The molecule has 0 unspecified atom stereocenters. The predicted molar refractivity (Wildman–Crippen MR) is 109 cm³/mol. The largest absolute Gasteiger partial charge is 0.444 e. The quantitative estimate of drug-likeness (QED) is 0.754. The van der Waals surface area contributed by atoms with E-state index in [4.69, 9.17) is 4.74 Å². The van der Waals surface area contributed by atoms with E-state index in [1.54, 1.807) is 0 Å². The van der Waals surface area contributed by atoms with Crippen molar-refractivity contribution in [2.24, 2.45) is 0 Å². The topological polar surface area (TPSA) is 41.6 Å². The highest BCUT2D eigenvalue weighted by Crippen LogP contribution is 2.28. The molecular weight excluding hydrogens is 392 g/mol. The van der Waals surface area contributed by atoms with E-state index >= 15 is 0 Å².